The first-order valence-electron chi connectivity index (χ1n) is 8.20. The number of benzene rings is 2. The largest absolute Gasteiger partial charge is 0.497 e. The normalized spacial score (nSPS) is 22.1. The van der Waals surface area contributed by atoms with E-state index in [-0.39, 0.29) is 17.3 Å². The highest BCUT2D eigenvalue weighted by Gasteiger charge is 2.50. The summed E-state index contributed by atoms with van der Waals surface area (Å²) in [6, 6.07) is 15.8. The van der Waals surface area contributed by atoms with E-state index in [1.807, 2.05) is 24.3 Å². The summed E-state index contributed by atoms with van der Waals surface area (Å²) in [5, 5.41) is 0.657. The lowest BCUT2D eigenvalue weighted by atomic mass is 10.2. The van der Waals surface area contributed by atoms with E-state index in [2.05, 4.69) is 35.4 Å². The van der Waals surface area contributed by atoms with Crippen molar-refractivity contribution in [3.05, 3.63) is 54.1 Å². The number of carbonyl (C=O) groups is 1. The molecule has 1 amide bonds. The number of thioether (sulfide) groups is 2. The van der Waals surface area contributed by atoms with Crippen LogP contribution in [0.15, 0.2) is 53.4 Å². The number of nitrogens with zero attached hydrogens (tertiary/aromatic N) is 2. The summed E-state index contributed by atoms with van der Waals surface area (Å²) in [4.78, 5) is 17.9. The Kier molecular flexibility index (Phi) is 4.86. The Morgan fingerprint density at radius 2 is 1.85 bits per heavy atom. The fourth-order valence-electron chi connectivity index (χ4n) is 3.28. The van der Waals surface area contributed by atoms with Crippen molar-refractivity contribution in [1.82, 2.24) is 4.90 Å². The molecule has 0 radical (unpaired) electrons. The Morgan fingerprint density at radius 1 is 1.15 bits per heavy atom. The first-order valence-corrected chi connectivity index (χ1v) is 10.9. The molecule has 2 aliphatic rings. The predicted molar refractivity (Wildman–Crippen MR) is 112 cm³/mol. The van der Waals surface area contributed by atoms with E-state index in [0.717, 1.165) is 17.2 Å². The lowest BCUT2D eigenvalue weighted by Crippen LogP contribution is -2.33. The van der Waals surface area contributed by atoms with Crippen molar-refractivity contribution in [2.24, 2.45) is 0 Å². The van der Waals surface area contributed by atoms with Crippen molar-refractivity contribution < 1.29 is 9.53 Å². The highest BCUT2D eigenvalue weighted by Crippen LogP contribution is 2.46. The number of rotatable bonds is 4. The van der Waals surface area contributed by atoms with E-state index in [0.29, 0.717) is 5.11 Å². The number of hydrogen-bond donors (Lipinski definition) is 0. The third-order valence-corrected chi connectivity index (χ3v) is 7.11. The zero-order chi connectivity index (χ0) is 18.3. The van der Waals surface area contributed by atoms with E-state index < -0.39 is 0 Å². The van der Waals surface area contributed by atoms with Gasteiger partial charge in [-0.1, -0.05) is 12.1 Å². The van der Waals surface area contributed by atoms with Crippen LogP contribution in [0.1, 0.15) is 10.9 Å². The number of anilines is 1. The van der Waals surface area contributed by atoms with Gasteiger partial charge in [-0.2, -0.15) is 0 Å². The standard InChI is InChI=1S/C19H18N2O2S3/c1-23-14-7-5-13(6-8-14)20-17(22)16-11-26-18(21(16)19(20)24)12-3-9-15(25-2)10-4-12/h3-10,16,18H,11H2,1-2H3/t16-,18?/m1/s1. The Hall–Kier alpha value is -1.70. The Labute approximate surface area is 166 Å². The molecule has 2 aliphatic heterocycles. The smallest absolute Gasteiger partial charge is 0.257 e. The highest BCUT2D eigenvalue weighted by molar-refractivity contribution is 8.00. The molecule has 4 nitrogen and oxygen atoms in total. The number of amides is 1. The van der Waals surface area contributed by atoms with Gasteiger partial charge < -0.3 is 9.64 Å². The van der Waals surface area contributed by atoms with Crippen molar-refractivity contribution in [2.45, 2.75) is 16.3 Å². The van der Waals surface area contributed by atoms with Crippen LogP contribution in [0.25, 0.3) is 0 Å². The number of hydrogen-bond acceptors (Lipinski definition) is 5. The van der Waals surface area contributed by atoms with E-state index in [1.165, 1.54) is 10.5 Å². The topological polar surface area (TPSA) is 32.8 Å². The van der Waals surface area contributed by atoms with Gasteiger partial charge in [-0.3, -0.25) is 9.69 Å². The molecule has 0 aromatic heterocycles. The van der Waals surface area contributed by atoms with Crippen LogP contribution < -0.4 is 9.64 Å². The van der Waals surface area contributed by atoms with E-state index in [9.17, 15) is 4.79 Å². The van der Waals surface area contributed by atoms with Crippen molar-refractivity contribution in [3.8, 4) is 5.75 Å². The van der Waals surface area contributed by atoms with Crippen LogP contribution in [0.3, 0.4) is 0 Å². The van der Waals surface area contributed by atoms with E-state index in [1.54, 1.807) is 35.5 Å². The van der Waals surface area contributed by atoms with Crippen LogP contribution in [-0.2, 0) is 4.79 Å². The van der Waals surface area contributed by atoms with Crippen LogP contribution >= 0.6 is 35.7 Å². The van der Waals surface area contributed by atoms with Crippen molar-refractivity contribution >= 4 is 52.4 Å². The number of carbonyl (C=O) groups excluding carboxylic acids is 1. The van der Waals surface area contributed by atoms with Gasteiger partial charge in [0.05, 0.1) is 12.8 Å². The molecular formula is C19H18N2O2S3. The molecule has 0 spiro atoms. The molecule has 4 rings (SSSR count). The maximum absolute atomic E-state index is 13.0. The van der Waals surface area contributed by atoms with Crippen LogP contribution in [0.2, 0.25) is 0 Å². The zero-order valence-electron chi connectivity index (χ0n) is 14.4. The van der Waals surface area contributed by atoms with Gasteiger partial charge in [-0.05, 0) is 60.4 Å². The lowest BCUT2D eigenvalue weighted by molar-refractivity contribution is -0.119. The fourth-order valence-corrected chi connectivity index (χ4v) is 5.61. The predicted octanol–water partition coefficient (Wildman–Crippen LogP) is 4.16. The number of thiocarbonyl (C=S) groups is 1. The summed E-state index contributed by atoms with van der Waals surface area (Å²) in [5.74, 6) is 1.56. The molecule has 2 saturated heterocycles. The number of methoxy groups -OCH3 is 1. The molecule has 7 heteroatoms. The van der Waals surface area contributed by atoms with Crippen LogP contribution in [0.5, 0.6) is 5.75 Å². The van der Waals surface area contributed by atoms with Crippen molar-refractivity contribution in [1.29, 1.82) is 0 Å². The molecule has 134 valence electrons. The second-order valence-corrected chi connectivity index (χ2v) is 8.39. The molecule has 2 atom stereocenters. The Morgan fingerprint density at radius 3 is 2.46 bits per heavy atom. The fraction of sp³-hybridized carbons (Fsp3) is 0.263. The monoisotopic (exact) mass is 402 g/mol. The van der Waals surface area contributed by atoms with Crippen LogP contribution in [0, 0.1) is 0 Å². The molecule has 0 saturated carbocycles. The van der Waals surface area contributed by atoms with Crippen molar-refractivity contribution in [3.63, 3.8) is 0 Å². The number of ether oxygens (including phenoxy) is 1. The maximum Gasteiger partial charge on any atom is 0.257 e. The first kappa shape index (κ1) is 17.7. The van der Waals surface area contributed by atoms with Gasteiger partial charge in [0.15, 0.2) is 5.11 Å². The van der Waals surface area contributed by atoms with Crippen LogP contribution in [-0.4, -0.2) is 41.1 Å². The Bertz CT molecular complexity index is 839. The molecule has 26 heavy (non-hydrogen) atoms. The van der Waals surface area contributed by atoms with Gasteiger partial charge in [0.2, 0.25) is 0 Å². The minimum atomic E-state index is -0.195. The summed E-state index contributed by atoms with van der Waals surface area (Å²) in [7, 11) is 1.63. The van der Waals surface area contributed by atoms with Gasteiger partial charge in [-0.15, -0.1) is 23.5 Å². The second-order valence-electron chi connectivity index (χ2n) is 6.04. The van der Waals surface area contributed by atoms with Gasteiger partial charge in [0.1, 0.15) is 17.2 Å². The summed E-state index contributed by atoms with van der Waals surface area (Å²) in [6.45, 7) is 0. The van der Waals surface area contributed by atoms with Gasteiger partial charge in [0.25, 0.3) is 5.91 Å². The zero-order valence-corrected chi connectivity index (χ0v) is 16.9. The van der Waals surface area contributed by atoms with Gasteiger partial charge in [0, 0.05) is 10.6 Å². The number of fused-ring (bicyclic) bond motifs is 1. The van der Waals surface area contributed by atoms with E-state index in [4.69, 9.17) is 17.0 Å². The highest BCUT2D eigenvalue weighted by atomic mass is 32.2. The van der Waals surface area contributed by atoms with Gasteiger partial charge >= 0.3 is 0 Å². The minimum Gasteiger partial charge on any atom is -0.497 e. The molecule has 2 aromatic rings. The van der Waals surface area contributed by atoms with E-state index >= 15 is 0 Å². The second kappa shape index (κ2) is 7.13. The average Bonchev–Trinajstić information content (AvgIpc) is 3.22. The quantitative estimate of drug-likeness (QED) is 0.564. The van der Waals surface area contributed by atoms with Gasteiger partial charge in [-0.25, -0.2) is 0 Å². The molecular weight excluding hydrogens is 384 g/mol. The van der Waals surface area contributed by atoms with Crippen molar-refractivity contribution in [2.75, 3.05) is 24.0 Å². The average molecular weight is 403 g/mol. The summed E-state index contributed by atoms with van der Waals surface area (Å²) < 4.78 is 5.20. The SMILES string of the molecule is COc1ccc(N2C(=O)[C@H]3CSC(c4ccc(SC)cc4)N3C2=S)cc1. The maximum atomic E-state index is 13.0. The summed E-state index contributed by atoms with van der Waals surface area (Å²) >= 11 is 9.20. The molecule has 2 heterocycles. The third kappa shape index (κ3) is 2.88. The summed E-state index contributed by atoms with van der Waals surface area (Å²) in [5.41, 5.74) is 1.97. The molecule has 0 N–H and O–H groups in total. The summed E-state index contributed by atoms with van der Waals surface area (Å²) in [6.07, 6.45) is 2.07. The third-order valence-electron chi connectivity index (χ3n) is 4.65. The molecule has 1 unspecified atom stereocenters. The molecule has 2 fully saturated rings. The molecule has 2 aromatic carbocycles. The Balaban J connectivity index is 1.62. The lowest BCUT2D eigenvalue weighted by Gasteiger charge is -2.25. The first-order chi connectivity index (χ1) is 12.6. The van der Waals surface area contributed by atoms with Crippen LogP contribution in [0.4, 0.5) is 5.69 Å². The molecule has 0 bridgehead atoms. The molecule has 0 aliphatic carbocycles. The minimum absolute atomic E-state index is 0.0518.